The minimum absolute atomic E-state index is 0.131. The minimum Gasteiger partial charge on any atom is -0.459 e. The second kappa shape index (κ2) is 4.16. The van der Waals surface area contributed by atoms with Gasteiger partial charge in [0.25, 0.3) is 0 Å². The van der Waals surface area contributed by atoms with E-state index in [1.165, 1.54) is 6.20 Å². The molecule has 0 unspecified atom stereocenters. The van der Waals surface area contributed by atoms with Gasteiger partial charge in [0.15, 0.2) is 5.65 Å². The summed E-state index contributed by atoms with van der Waals surface area (Å²) in [6, 6.07) is 1.77. The monoisotopic (exact) mass is 233 g/mol. The zero-order chi connectivity index (χ0) is 12.6. The number of fused-ring (bicyclic) bond motifs is 1. The maximum atomic E-state index is 11.7. The Balaban J connectivity index is 2.44. The highest BCUT2D eigenvalue weighted by Gasteiger charge is 2.13. The number of pyridine rings is 1. The fourth-order valence-corrected chi connectivity index (χ4v) is 1.70. The van der Waals surface area contributed by atoms with Crippen LogP contribution in [0, 0.1) is 6.92 Å². The Kier molecular flexibility index (Phi) is 2.83. The summed E-state index contributed by atoms with van der Waals surface area (Å²) in [7, 11) is 1.83. The molecule has 0 saturated heterocycles. The van der Waals surface area contributed by atoms with E-state index in [-0.39, 0.29) is 12.1 Å². The molecule has 2 aromatic rings. The average Bonchev–Trinajstić information content (AvgIpc) is 2.53. The molecule has 0 aromatic carbocycles. The average molecular weight is 233 g/mol. The predicted molar refractivity (Wildman–Crippen MR) is 63.8 cm³/mol. The van der Waals surface area contributed by atoms with E-state index >= 15 is 0 Å². The van der Waals surface area contributed by atoms with Crippen LogP contribution in [0.2, 0.25) is 0 Å². The van der Waals surface area contributed by atoms with Crippen molar-refractivity contribution in [3.63, 3.8) is 0 Å². The van der Waals surface area contributed by atoms with Crippen molar-refractivity contribution < 1.29 is 9.53 Å². The largest absolute Gasteiger partial charge is 0.459 e. The van der Waals surface area contributed by atoms with Crippen LogP contribution in [-0.2, 0) is 11.8 Å². The Labute approximate surface area is 99.4 Å². The molecule has 2 heterocycles. The Morgan fingerprint density at radius 3 is 2.82 bits per heavy atom. The van der Waals surface area contributed by atoms with Gasteiger partial charge in [0.05, 0.1) is 17.4 Å². The molecule has 17 heavy (non-hydrogen) atoms. The predicted octanol–water partition coefficient (Wildman–Crippen LogP) is 1.84. The molecule has 0 atom stereocenters. The summed E-state index contributed by atoms with van der Waals surface area (Å²) in [4.78, 5) is 16.0. The van der Waals surface area contributed by atoms with Crippen LogP contribution in [0.15, 0.2) is 12.3 Å². The molecular weight excluding hydrogens is 218 g/mol. The molecule has 0 radical (unpaired) electrons. The van der Waals surface area contributed by atoms with Crippen molar-refractivity contribution in [2.75, 3.05) is 0 Å². The first kappa shape index (κ1) is 11.6. The number of esters is 1. The third-order valence-corrected chi connectivity index (χ3v) is 2.44. The summed E-state index contributed by atoms with van der Waals surface area (Å²) in [5.74, 6) is -0.349. The van der Waals surface area contributed by atoms with E-state index in [9.17, 15) is 4.79 Å². The van der Waals surface area contributed by atoms with Crippen LogP contribution in [-0.4, -0.2) is 26.8 Å². The topological polar surface area (TPSA) is 57.0 Å². The van der Waals surface area contributed by atoms with Crippen LogP contribution in [0.3, 0.4) is 0 Å². The molecule has 5 heteroatoms. The van der Waals surface area contributed by atoms with E-state index in [4.69, 9.17) is 4.74 Å². The lowest BCUT2D eigenvalue weighted by Crippen LogP contribution is -2.11. The molecule has 0 aliphatic rings. The molecule has 0 saturated carbocycles. The Morgan fingerprint density at radius 1 is 1.47 bits per heavy atom. The zero-order valence-corrected chi connectivity index (χ0v) is 10.4. The molecule has 0 fully saturated rings. The van der Waals surface area contributed by atoms with Gasteiger partial charge < -0.3 is 4.74 Å². The number of carbonyl (C=O) groups excluding carboxylic acids is 1. The van der Waals surface area contributed by atoms with Crippen molar-refractivity contribution >= 4 is 17.0 Å². The molecule has 0 aliphatic carbocycles. The minimum atomic E-state index is -0.349. The van der Waals surface area contributed by atoms with Gasteiger partial charge >= 0.3 is 5.97 Å². The van der Waals surface area contributed by atoms with Crippen LogP contribution in [0.25, 0.3) is 11.0 Å². The molecular formula is C12H15N3O2. The fraction of sp³-hybridized carbons (Fsp3) is 0.417. The Morgan fingerprint density at radius 2 is 2.18 bits per heavy atom. The SMILES string of the molecule is Cc1nn(C)c2ncc(C(=O)OC(C)C)cc12. The molecule has 5 nitrogen and oxygen atoms in total. The number of hydrogen-bond donors (Lipinski definition) is 0. The number of aromatic nitrogens is 3. The third-order valence-electron chi connectivity index (χ3n) is 2.44. The summed E-state index contributed by atoms with van der Waals surface area (Å²) >= 11 is 0. The highest BCUT2D eigenvalue weighted by atomic mass is 16.5. The van der Waals surface area contributed by atoms with E-state index in [1.54, 1.807) is 10.7 Å². The molecule has 90 valence electrons. The zero-order valence-electron chi connectivity index (χ0n) is 10.4. The lowest BCUT2D eigenvalue weighted by Gasteiger charge is -2.07. The highest BCUT2D eigenvalue weighted by Crippen LogP contribution is 2.17. The van der Waals surface area contributed by atoms with Gasteiger partial charge in [-0.1, -0.05) is 0 Å². The van der Waals surface area contributed by atoms with Crippen LogP contribution in [0.4, 0.5) is 0 Å². The molecule has 0 N–H and O–H groups in total. The normalized spacial score (nSPS) is 11.1. The van der Waals surface area contributed by atoms with E-state index in [0.717, 1.165) is 16.7 Å². The van der Waals surface area contributed by atoms with Crippen molar-refractivity contribution in [1.29, 1.82) is 0 Å². The molecule has 2 rings (SSSR count). The number of carbonyl (C=O) groups is 1. The van der Waals surface area contributed by atoms with E-state index in [0.29, 0.717) is 5.56 Å². The van der Waals surface area contributed by atoms with Gasteiger partial charge in [0.2, 0.25) is 0 Å². The number of aryl methyl sites for hydroxylation is 2. The number of rotatable bonds is 2. The second-order valence-corrected chi connectivity index (χ2v) is 4.26. The Bertz CT molecular complexity index is 572. The summed E-state index contributed by atoms with van der Waals surface area (Å²) in [6.07, 6.45) is 1.39. The molecule has 0 bridgehead atoms. The van der Waals surface area contributed by atoms with Crippen molar-refractivity contribution in [3.05, 3.63) is 23.5 Å². The molecule has 0 amide bonds. The van der Waals surface area contributed by atoms with Gasteiger partial charge in [-0.2, -0.15) is 5.10 Å². The van der Waals surface area contributed by atoms with Gasteiger partial charge in [0, 0.05) is 18.6 Å². The van der Waals surface area contributed by atoms with Gasteiger partial charge in [-0.05, 0) is 26.8 Å². The third kappa shape index (κ3) is 2.13. The van der Waals surface area contributed by atoms with Crippen LogP contribution < -0.4 is 0 Å². The Hall–Kier alpha value is -1.91. The summed E-state index contributed by atoms with van der Waals surface area (Å²) < 4.78 is 6.82. The molecule has 2 aromatic heterocycles. The second-order valence-electron chi connectivity index (χ2n) is 4.26. The van der Waals surface area contributed by atoms with E-state index in [2.05, 4.69) is 10.1 Å². The first-order chi connectivity index (χ1) is 7.99. The number of hydrogen-bond acceptors (Lipinski definition) is 4. The summed E-state index contributed by atoms with van der Waals surface area (Å²) in [5, 5.41) is 5.13. The summed E-state index contributed by atoms with van der Waals surface area (Å²) in [5.41, 5.74) is 2.08. The van der Waals surface area contributed by atoms with Gasteiger partial charge in [-0.15, -0.1) is 0 Å². The first-order valence-corrected chi connectivity index (χ1v) is 5.49. The lowest BCUT2D eigenvalue weighted by atomic mass is 10.2. The molecule has 0 spiro atoms. The maximum Gasteiger partial charge on any atom is 0.339 e. The number of nitrogens with zero attached hydrogens (tertiary/aromatic N) is 3. The van der Waals surface area contributed by atoms with Crippen molar-refractivity contribution in [1.82, 2.24) is 14.8 Å². The van der Waals surface area contributed by atoms with E-state index in [1.807, 2.05) is 27.8 Å². The molecule has 0 aliphatic heterocycles. The quantitative estimate of drug-likeness (QED) is 0.743. The van der Waals surface area contributed by atoms with Crippen molar-refractivity contribution in [2.24, 2.45) is 7.05 Å². The summed E-state index contributed by atoms with van der Waals surface area (Å²) in [6.45, 7) is 5.53. The van der Waals surface area contributed by atoms with E-state index < -0.39 is 0 Å². The van der Waals surface area contributed by atoms with Gasteiger partial charge in [-0.25, -0.2) is 9.78 Å². The van der Waals surface area contributed by atoms with Crippen LogP contribution >= 0.6 is 0 Å². The van der Waals surface area contributed by atoms with Crippen molar-refractivity contribution in [2.45, 2.75) is 26.9 Å². The van der Waals surface area contributed by atoms with Gasteiger partial charge in [-0.3, -0.25) is 4.68 Å². The standard InChI is InChI=1S/C12H15N3O2/c1-7(2)17-12(16)9-5-10-8(3)14-15(4)11(10)13-6-9/h5-7H,1-4H3. The smallest absolute Gasteiger partial charge is 0.339 e. The van der Waals surface area contributed by atoms with Crippen molar-refractivity contribution in [3.8, 4) is 0 Å². The fourth-order valence-electron chi connectivity index (χ4n) is 1.70. The first-order valence-electron chi connectivity index (χ1n) is 5.49. The van der Waals surface area contributed by atoms with Crippen LogP contribution in [0.5, 0.6) is 0 Å². The maximum absolute atomic E-state index is 11.7. The lowest BCUT2D eigenvalue weighted by molar-refractivity contribution is 0.0377. The highest BCUT2D eigenvalue weighted by molar-refractivity contribution is 5.93. The van der Waals surface area contributed by atoms with Gasteiger partial charge in [0.1, 0.15) is 0 Å². The van der Waals surface area contributed by atoms with Crippen LogP contribution in [0.1, 0.15) is 29.9 Å². The number of ether oxygens (including phenoxy) is 1.